The normalized spacial score (nSPS) is 12.8. The number of guanidine groups is 1. The van der Waals surface area contributed by atoms with Crippen molar-refractivity contribution < 1.29 is 0 Å². The highest BCUT2D eigenvalue weighted by atomic mass is 15.2. The van der Waals surface area contributed by atoms with E-state index in [1.54, 1.807) is 7.05 Å². The van der Waals surface area contributed by atoms with E-state index in [1.807, 2.05) is 7.05 Å². The minimum atomic E-state index is -0.156. The van der Waals surface area contributed by atoms with E-state index < -0.39 is 0 Å². The Morgan fingerprint density at radius 3 is 2.60 bits per heavy atom. The maximum Gasteiger partial charge on any atom is 0.185 e. The Bertz CT molecular complexity index is 178. The topological polar surface area (TPSA) is 118 Å². The first-order valence-electron chi connectivity index (χ1n) is 4.96. The SMILES string of the molecule is CNC(N)NCCN(C)CCN=C(N)N. The maximum atomic E-state index is 5.60. The standard InChI is InChI=1S/C8H23N7/c1-12-8(11)14-4-6-15(2)5-3-13-7(9)10/h8,12,14H,3-6,11H2,1-2H3,(H4,9,10,13). The number of aliphatic imine (C=N–C) groups is 1. The van der Waals surface area contributed by atoms with Gasteiger partial charge in [0.05, 0.1) is 6.54 Å². The van der Waals surface area contributed by atoms with Gasteiger partial charge in [0.2, 0.25) is 0 Å². The van der Waals surface area contributed by atoms with Crippen molar-refractivity contribution in [2.24, 2.45) is 22.2 Å². The zero-order valence-corrected chi connectivity index (χ0v) is 9.53. The summed E-state index contributed by atoms with van der Waals surface area (Å²) in [5.41, 5.74) is 16.0. The molecular formula is C8H23N7. The van der Waals surface area contributed by atoms with Crippen molar-refractivity contribution in [3.05, 3.63) is 0 Å². The lowest BCUT2D eigenvalue weighted by Gasteiger charge is -2.18. The highest BCUT2D eigenvalue weighted by Crippen LogP contribution is 1.81. The van der Waals surface area contributed by atoms with Gasteiger partial charge in [0.25, 0.3) is 0 Å². The highest BCUT2D eigenvalue weighted by Gasteiger charge is 1.99. The van der Waals surface area contributed by atoms with Crippen LogP contribution in [0.3, 0.4) is 0 Å². The molecule has 0 rings (SSSR count). The van der Waals surface area contributed by atoms with Crippen LogP contribution in [-0.4, -0.2) is 57.4 Å². The second-order valence-electron chi connectivity index (χ2n) is 3.33. The van der Waals surface area contributed by atoms with Gasteiger partial charge in [-0.15, -0.1) is 0 Å². The number of rotatable bonds is 8. The van der Waals surface area contributed by atoms with Gasteiger partial charge >= 0.3 is 0 Å². The molecule has 0 amide bonds. The summed E-state index contributed by atoms with van der Waals surface area (Å²) in [6.45, 7) is 3.17. The number of nitrogens with zero attached hydrogens (tertiary/aromatic N) is 2. The van der Waals surface area contributed by atoms with E-state index in [4.69, 9.17) is 17.2 Å². The molecule has 0 heterocycles. The van der Waals surface area contributed by atoms with Crippen LogP contribution >= 0.6 is 0 Å². The van der Waals surface area contributed by atoms with Gasteiger partial charge in [-0.25, -0.2) is 0 Å². The largest absolute Gasteiger partial charge is 0.370 e. The van der Waals surface area contributed by atoms with Gasteiger partial charge in [-0.2, -0.15) is 0 Å². The van der Waals surface area contributed by atoms with E-state index >= 15 is 0 Å². The zero-order chi connectivity index (χ0) is 11.7. The summed E-state index contributed by atoms with van der Waals surface area (Å²) in [6, 6.07) is 0. The fourth-order valence-corrected chi connectivity index (χ4v) is 0.975. The van der Waals surface area contributed by atoms with Gasteiger partial charge < -0.3 is 22.1 Å². The van der Waals surface area contributed by atoms with Gasteiger partial charge in [0.15, 0.2) is 5.96 Å². The number of nitrogens with two attached hydrogens (primary N) is 3. The number of likely N-dealkylation sites (N-methyl/N-ethyl adjacent to an activating group) is 1. The van der Waals surface area contributed by atoms with Crippen LogP contribution in [0.25, 0.3) is 0 Å². The van der Waals surface area contributed by atoms with Crippen LogP contribution in [0.1, 0.15) is 0 Å². The summed E-state index contributed by atoms with van der Waals surface area (Å²) < 4.78 is 0. The van der Waals surface area contributed by atoms with Gasteiger partial charge in [-0.1, -0.05) is 0 Å². The van der Waals surface area contributed by atoms with E-state index in [0.717, 1.165) is 19.6 Å². The Kier molecular flexibility index (Phi) is 7.92. The fraction of sp³-hybridized carbons (Fsp3) is 0.875. The van der Waals surface area contributed by atoms with Crippen molar-refractivity contribution in [2.45, 2.75) is 6.29 Å². The Labute approximate surface area is 91.1 Å². The third-order valence-corrected chi connectivity index (χ3v) is 1.94. The Morgan fingerprint density at radius 2 is 2.07 bits per heavy atom. The minimum absolute atomic E-state index is 0.138. The molecule has 90 valence electrons. The average molecular weight is 217 g/mol. The molecule has 0 bridgehead atoms. The molecule has 0 aliphatic heterocycles. The number of hydrogen-bond donors (Lipinski definition) is 5. The minimum Gasteiger partial charge on any atom is -0.370 e. The second kappa shape index (κ2) is 8.42. The lowest BCUT2D eigenvalue weighted by Crippen LogP contribution is -2.49. The summed E-state index contributed by atoms with van der Waals surface area (Å²) in [5.74, 6) is 0.138. The zero-order valence-electron chi connectivity index (χ0n) is 9.53. The molecular weight excluding hydrogens is 194 g/mol. The van der Waals surface area contributed by atoms with Crippen molar-refractivity contribution in [1.29, 1.82) is 0 Å². The predicted molar refractivity (Wildman–Crippen MR) is 63.2 cm³/mol. The van der Waals surface area contributed by atoms with Crippen molar-refractivity contribution in [2.75, 3.05) is 40.3 Å². The molecule has 1 atom stereocenters. The number of hydrogen-bond acceptors (Lipinski definition) is 5. The summed E-state index contributed by atoms with van der Waals surface area (Å²) in [7, 11) is 3.81. The molecule has 0 saturated carbocycles. The van der Waals surface area contributed by atoms with Crippen molar-refractivity contribution in [3.8, 4) is 0 Å². The molecule has 8 N–H and O–H groups in total. The molecule has 0 aromatic rings. The molecule has 0 fully saturated rings. The molecule has 0 aliphatic carbocycles. The van der Waals surface area contributed by atoms with Crippen molar-refractivity contribution in [3.63, 3.8) is 0 Å². The van der Waals surface area contributed by atoms with E-state index in [9.17, 15) is 0 Å². The van der Waals surface area contributed by atoms with E-state index in [0.29, 0.717) is 6.54 Å². The van der Waals surface area contributed by atoms with Crippen LogP contribution in [0, 0.1) is 0 Å². The van der Waals surface area contributed by atoms with Gasteiger partial charge in [-0.05, 0) is 14.1 Å². The van der Waals surface area contributed by atoms with Crippen LogP contribution in [0.2, 0.25) is 0 Å². The summed E-state index contributed by atoms with van der Waals surface area (Å²) in [5, 5.41) is 5.99. The molecule has 0 saturated heterocycles. The van der Waals surface area contributed by atoms with Crippen LogP contribution < -0.4 is 27.8 Å². The number of nitrogens with one attached hydrogen (secondary N) is 2. The predicted octanol–water partition coefficient (Wildman–Crippen LogP) is -2.76. The third-order valence-electron chi connectivity index (χ3n) is 1.94. The Balaban J connectivity index is 3.41. The monoisotopic (exact) mass is 217 g/mol. The van der Waals surface area contributed by atoms with Gasteiger partial charge in [-0.3, -0.25) is 15.6 Å². The molecule has 15 heavy (non-hydrogen) atoms. The van der Waals surface area contributed by atoms with Crippen LogP contribution in [0.5, 0.6) is 0 Å². The second-order valence-corrected chi connectivity index (χ2v) is 3.33. The molecule has 0 aromatic carbocycles. The third kappa shape index (κ3) is 9.42. The summed E-state index contributed by atoms with van der Waals surface area (Å²) in [4.78, 5) is 6.02. The van der Waals surface area contributed by atoms with E-state index in [-0.39, 0.29) is 12.2 Å². The lowest BCUT2D eigenvalue weighted by atomic mass is 10.5. The highest BCUT2D eigenvalue weighted by molar-refractivity contribution is 5.75. The molecule has 0 spiro atoms. The van der Waals surface area contributed by atoms with Crippen molar-refractivity contribution >= 4 is 5.96 Å². The molecule has 0 radical (unpaired) electrons. The molecule has 1 unspecified atom stereocenters. The van der Waals surface area contributed by atoms with Crippen LogP contribution in [0.4, 0.5) is 0 Å². The molecule has 7 heteroatoms. The Hall–Kier alpha value is -0.890. The quantitative estimate of drug-likeness (QED) is 0.171. The average Bonchev–Trinajstić information content (AvgIpc) is 2.17. The molecule has 7 nitrogen and oxygen atoms in total. The Morgan fingerprint density at radius 1 is 1.40 bits per heavy atom. The maximum absolute atomic E-state index is 5.60. The van der Waals surface area contributed by atoms with Crippen molar-refractivity contribution in [1.82, 2.24) is 15.5 Å². The summed E-state index contributed by atoms with van der Waals surface area (Å²) in [6.07, 6.45) is -0.156. The first-order valence-corrected chi connectivity index (χ1v) is 4.96. The summed E-state index contributed by atoms with van der Waals surface area (Å²) >= 11 is 0. The molecule has 0 aliphatic rings. The molecule has 0 aromatic heterocycles. The van der Waals surface area contributed by atoms with Gasteiger partial charge in [0, 0.05) is 19.6 Å². The van der Waals surface area contributed by atoms with Crippen LogP contribution in [-0.2, 0) is 0 Å². The van der Waals surface area contributed by atoms with Crippen LogP contribution in [0.15, 0.2) is 4.99 Å². The smallest absolute Gasteiger partial charge is 0.185 e. The van der Waals surface area contributed by atoms with E-state index in [1.165, 1.54) is 0 Å². The first kappa shape index (κ1) is 14.1. The first-order chi connectivity index (χ1) is 7.06. The van der Waals surface area contributed by atoms with E-state index in [2.05, 4.69) is 20.5 Å². The fourth-order valence-electron chi connectivity index (χ4n) is 0.975. The van der Waals surface area contributed by atoms with Gasteiger partial charge in [0.1, 0.15) is 6.29 Å². The lowest BCUT2D eigenvalue weighted by molar-refractivity contribution is 0.326.